The number of furan rings is 1. The maximum Gasteiger partial charge on any atom is 0.254 e. The van der Waals surface area contributed by atoms with Crippen LogP contribution in [0.2, 0.25) is 0 Å². The van der Waals surface area contributed by atoms with E-state index in [4.69, 9.17) is 14.1 Å². The molecule has 0 bridgehead atoms. The number of aryl methyl sites for hydroxylation is 2. The molecule has 8 nitrogen and oxygen atoms in total. The summed E-state index contributed by atoms with van der Waals surface area (Å²) in [5.74, 6) is 1.53. The van der Waals surface area contributed by atoms with Crippen LogP contribution >= 0.6 is 0 Å². The summed E-state index contributed by atoms with van der Waals surface area (Å²) in [6.45, 7) is 5.99. The Kier molecular flexibility index (Phi) is 6.06. The van der Waals surface area contributed by atoms with Crippen molar-refractivity contribution in [1.82, 2.24) is 24.6 Å². The van der Waals surface area contributed by atoms with Gasteiger partial charge >= 0.3 is 0 Å². The fraction of sp³-hybridized carbons (Fsp3) is 0.346. The van der Waals surface area contributed by atoms with E-state index in [0.29, 0.717) is 35.8 Å². The standard InChI is InChI=1S/C26H29N5O3/c1-18-24-21(17-22(23-5-4-16-34-23)27-25(24)29(2)28-18)26(32)31-14-12-30(13-15-31)11-10-19-6-8-20(33-3)9-7-19/h4-9,16-17H,10-15H2,1-3H3. The summed E-state index contributed by atoms with van der Waals surface area (Å²) in [6, 6.07) is 13.7. The van der Waals surface area contributed by atoms with Crippen molar-refractivity contribution in [1.29, 1.82) is 0 Å². The predicted molar refractivity (Wildman–Crippen MR) is 130 cm³/mol. The minimum absolute atomic E-state index is 0.0195. The highest BCUT2D eigenvalue weighted by Crippen LogP contribution is 2.28. The Hall–Kier alpha value is -3.65. The summed E-state index contributed by atoms with van der Waals surface area (Å²) < 4.78 is 12.5. The van der Waals surface area contributed by atoms with Gasteiger partial charge in [-0.15, -0.1) is 0 Å². The topological polar surface area (TPSA) is 76.6 Å². The van der Waals surface area contributed by atoms with Gasteiger partial charge in [0, 0.05) is 39.8 Å². The molecule has 0 radical (unpaired) electrons. The highest BCUT2D eigenvalue weighted by atomic mass is 16.5. The Balaban J connectivity index is 1.30. The van der Waals surface area contributed by atoms with Crippen molar-refractivity contribution in [2.75, 3.05) is 39.8 Å². The monoisotopic (exact) mass is 459 g/mol. The molecule has 0 unspecified atom stereocenters. The van der Waals surface area contributed by atoms with E-state index in [1.54, 1.807) is 18.1 Å². The number of aromatic nitrogens is 3. The molecule has 1 saturated heterocycles. The van der Waals surface area contributed by atoms with Gasteiger partial charge in [-0.1, -0.05) is 12.1 Å². The van der Waals surface area contributed by atoms with E-state index in [1.807, 2.05) is 49.2 Å². The number of methoxy groups -OCH3 is 1. The van der Waals surface area contributed by atoms with Gasteiger partial charge in [0.25, 0.3) is 5.91 Å². The van der Waals surface area contributed by atoms with Crippen LogP contribution in [0.5, 0.6) is 5.75 Å². The molecule has 0 saturated carbocycles. The quantitative estimate of drug-likeness (QED) is 0.439. The molecule has 4 heterocycles. The fourth-order valence-electron chi connectivity index (χ4n) is 4.59. The van der Waals surface area contributed by atoms with Gasteiger partial charge in [-0.2, -0.15) is 5.10 Å². The van der Waals surface area contributed by atoms with E-state index < -0.39 is 0 Å². The molecule has 5 rings (SSSR count). The third-order valence-electron chi connectivity index (χ3n) is 6.51. The van der Waals surface area contributed by atoms with E-state index in [0.717, 1.165) is 42.9 Å². The summed E-state index contributed by atoms with van der Waals surface area (Å²) in [7, 11) is 3.53. The highest BCUT2D eigenvalue weighted by molar-refractivity contribution is 6.07. The largest absolute Gasteiger partial charge is 0.497 e. The minimum Gasteiger partial charge on any atom is -0.497 e. The molecular formula is C26H29N5O3. The van der Waals surface area contributed by atoms with Crippen molar-refractivity contribution in [3.8, 4) is 17.2 Å². The molecule has 1 aliphatic heterocycles. The van der Waals surface area contributed by atoms with E-state index in [1.165, 1.54) is 5.56 Å². The first-order valence-corrected chi connectivity index (χ1v) is 11.6. The second kappa shape index (κ2) is 9.30. The van der Waals surface area contributed by atoms with Crippen molar-refractivity contribution in [3.05, 3.63) is 65.5 Å². The molecule has 4 aromatic rings. The van der Waals surface area contributed by atoms with Gasteiger partial charge in [0.1, 0.15) is 11.4 Å². The zero-order valence-corrected chi connectivity index (χ0v) is 19.8. The van der Waals surface area contributed by atoms with Crippen molar-refractivity contribution < 1.29 is 13.9 Å². The second-order valence-corrected chi connectivity index (χ2v) is 8.67. The zero-order valence-electron chi connectivity index (χ0n) is 19.8. The summed E-state index contributed by atoms with van der Waals surface area (Å²) in [4.78, 5) is 22.7. The number of ether oxygens (including phenoxy) is 1. The Labute approximate surface area is 198 Å². The first-order chi connectivity index (χ1) is 16.5. The van der Waals surface area contributed by atoms with Gasteiger partial charge < -0.3 is 14.1 Å². The van der Waals surface area contributed by atoms with Crippen LogP contribution in [0, 0.1) is 6.92 Å². The van der Waals surface area contributed by atoms with Crippen LogP contribution < -0.4 is 4.74 Å². The number of pyridine rings is 1. The lowest BCUT2D eigenvalue weighted by Gasteiger charge is -2.35. The average molecular weight is 460 g/mol. The summed E-state index contributed by atoms with van der Waals surface area (Å²) >= 11 is 0. The summed E-state index contributed by atoms with van der Waals surface area (Å²) in [5.41, 5.74) is 4.05. The fourth-order valence-corrected chi connectivity index (χ4v) is 4.59. The number of carbonyl (C=O) groups is 1. The Morgan fingerprint density at radius 3 is 2.56 bits per heavy atom. The number of piperazine rings is 1. The molecular weight excluding hydrogens is 430 g/mol. The molecule has 1 aromatic carbocycles. The van der Waals surface area contributed by atoms with Gasteiger partial charge in [0.15, 0.2) is 11.4 Å². The lowest BCUT2D eigenvalue weighted by Crippen LogP contribution is -2.49. The maximum atomic E-state index is 13.6. The summed E-state index contributed by atoms with van der Waals surface area (Å²) in [5, 5.41) is 5.32. The molecule has 1 aliphatic rings. The van der Waals surface area contributed by atoms with Crippen molar-refractivity contribution >= 4 is 16.9 Å². The van der Waals surface area contributed by atoms with Gasteiger partial charge in [0.2, 0.25) is 0 Å². The number of nitrogens with zero attached hydrogens (tertiary/aromatic N) is 5. The predicted octanol–water partition coefficient (Wildman–Crippen LogP) is 3.55. The summed E-state index contributed by atoms with van der Waals surface area (Å²) in [6.07, 6.45) is 2.59. The lowest BCUT2D eigenvalue weighted by molar-refractivity contribution is 0.0640. The van der Waals surface area contributed by atoms with E-state index in [2.05, 4.69) is 22.1 Å². The van der Waals surface area contributed by atoms with Crippen molar-refractivity contribution in [2.45, 2.75) is 13.3 Å². The Morgan fingerprint density at radius 1 is 1.12 bits per heavy atom. The molecule has 0 N–H and O–H groups in total. The SMILES string of the molecule is COc1ccc(CCN2CCN(C(=O)c3cc(-c4ccco4)nc4c3c(C)nn4C)CC2)cc1. The van der Waals surface area contributed by atoms with Crippen LogP contribution in [0.4, 0.5) is 0 Å². The molecule has 8 heteroatoms. The van der Waals surface area contributed by atoms with Gasteiger partial charge in [-0.3, -0.25) is 14.4 Å². The minimum atomic E-state index is 0.0195. The smallest absolute Gasteiger partial charge is 0.254 e. The lowest BCUT2D eigenvalue weighted by atomic mass is 10.1. The third-order valence-corrected chi connectivity index (χ3v) is 6.51. The molecule has 1 amide bonds. The first kappa shape index (κ1) is 22.2. The van der Waals surface area contributed by atoms with E-state index >= 15 is 0 Å². The van der Waals surface area contributed by atoms with Crippen LogP contribution in [-0.2, 0) is 13.5 Å². The molecule has 1 fully saturated rings. The molecule has 3 aromatic heterocycles. The van der Waals surface area contributed by atoms with Crippen LogP contribution in [-0.4, -0.2) is 70.3 Å². The molecule has 0 spiro atoms. The molecule has 0 aliphatic carbocycles. The molecule has 0 atom stereocenters. The number of rotatable bonds is 6. The van der Waals surface area contributed by atoms with Crippen LogP contribution in [0.15, 0.2) is 53.1 Å². The number of hydrogen-bond acceptors (Lipinski definition) is 6. The first-order valence-electron chi connectivity index (χ1n) is 11.6. The van der Waals surface area contributed by atoms with Crippen molar-refractivity contribution in [2.24, 2.45) is 7.05 Å². The molecule has 34 heavy (non-hydrogen) atoms. The maximum absolute atomic E-state index is 13.6. The van der Waals surface area contributed by atoms with E-state index in [-0.39, 0.29) is 5.91 Å². The average Bonchev–Trinajstić information content (AvgIpc) is 3.51. The van der Waals surface area contributed by atoms with Gasteiger partial charge in [0.05, 0.1) is 30.0 Å². The number of benzene rings is 1. The normalized spacial score (nSPS) is 14.6. The van der Waals surface area contributed by atoms with Gasteiger partial charge in [-0.25, -0.2) is 4.98 Å². The Morgan fingerprint density at radius 2 is 1.88 bits per heavy atom. The Bertz CT molecular complexity index is 1290. The number of amides is 1. The zero-order chi connectivity index (χ0) is 23.7. The third kappa shape index (κ3) is 4.28. The second-order valence-electron chi connectivity index (χ2n) is 8.67. The highest BCUT2D eigenvalue weighted by Gasteiger charge is 2.26. The number of fused-ring (bicyclic) bond motifs is 1. The van der Waals surface area contributed by atoms with Crippen LogP contribution in [0.25, 0.3) is 22.5 Å². The van der Waals surface area contributed by atoms with E-state index in [9.17, 15) is 4.79 Å². The number of hydrogen-bond donors (Lipinski definition) is 0. The van der Waals surface area contributed by atoms with Crippen LogP contribution in [0.3, 0.4) is 0 Å². The van der Waals surface area contributed by atoms with Crippen LogP contribution in [0.1, 0.15) is 21.6 Å². The molecule has 176 valence electrons. The number of carbonyl (C=O) groups excluding carboxylic acids is 1. The van der Waals surface area contributed by atoms with Gasteiger partial charge in [-0.05, 0) is 49.2 Å². The van der Waals surface area contributed by atoms with Crippen molar-refractivity contribution in [3.63, 3.8) is 0 Å².